The van der Waals surface area contributed by atoms with E-state index in [1.54, 1.807) is 6.08 Å². The number of amides is 1. The molecule has 0 aliphatic rings. The molecule has 0 spiro atoms. The molecule has 3 unspecified atom stereocenters. The van der Waals surface area contributed by atoms with Gasteiger partial charge in [-0.05, 0) is 57.8 Å². The van der Waals surface area contributed by atoms with Crippen molar-refractivity contribution >= 4 is 13.7 Å². The molecule has 0 aliphatic heterocycles. The molecule has 8 nitrogen and oxygen atoms in total. The van der Waals surface area contributed by atoms with Crippen LogP contribution in [-0.2, 0) is 18.4 Å². The van der Waals surface area contributed by atoms with Gasteiger partial charge in [-0.25, -0.2) is 0 Å². The van der Waals surface area contributed by atoms with Gasteiger partial charge in [-0.15, -0.1) is 0 Å². The Balaban J connectivity index is 4.25. The lowest BCUT2D eigenvalue weighted by molar-refractivity contribution is -0.870. The first kappa shape index (κ1) is 66.7. The SMILES string of the molecule is CCCCCCCCCCCC/C=C\CCCCCCCCCC(=O)NC(COP(=O)([O-])OCC[N+](C)(C)C)C(O)/C=C/CC/C=C/CCCCCCCCCCCCCCCCCCCCC. The maximum Gasteiger partial charge on any atom is 0.268 e. The van der Waals surface area contributed by atoms with E-state index in [0.29, 0.717) is 17.4 Å². The summed E-state index contributed by atoms with van der Waals surface area (Å²) in [5, 5.41) is 13.9. The van der Waals surface area contributed by atoms with Gasteiger partial charge in [0.15, 0.2) is 0 Å². The molecule has 0 saturated carbocycles. The first-order chi connectivity index (χ1) is 33.0. The monoisotopic (exact) mass is 979 g/mol. The number of carbonyl (C=O) groups excluding carboxylic acids is 1. The first-order valence-corrected chi connectivity index (χ1v) is 30.8. The Morgan fingerprint density at radius 1 is 0.500 bits per heavy atom. The van der Waals surface area contributed by atoms with Gasteiger partial charge in [-0.2, -0.15) is 0 Å². The summed E-state index contributed by atoms with van der Waals surface area (Å²) < 4.78 is 23.3. The molecule has 68 heavy (non-hydrogen) atoms. The van der Waals surface area contributed by atoms with Gasteiger partial charge in [0, 0.05) is 6.42 Å². The summed E-state index contributed by atoms with van der Waals surface area (Å²) in [5.41, 5.74) is 0. The third-order valence-corrected chi connectivity index (χ3v) is 14.3. The van der Waals surface area contributed by atoms with Gasteiger partial charge in [0.25, 0.3) is 7.82 Å². The van der Waals surface area contributed by atoms with Crippen LogP contribution in [0.25, 0.3) is 0 Å². The molecule has 0 heterocycles. The topological polar surface area (TPSA) is 108 Å². The van der Waals surface area contributed by atoms with E-state index in [9.17, 15) is 19.4 Å². The minimum absolute atomic E-state index is 0.00658. The second-order valence-corrected chi connectivity index (χ2v) is 22.8. The van der Waals surface area contributed by atoms with Gasteiger partial charge in [-0.1, -0.05) is 256 Å². The Bertz CT molecular complexity index is 1200. The summed E-state index contributed by atoms with van der Waals surface area (Å²) >= 11 is 0. The van der Waals surface area contributed by atoms with Crippen molar-refractivity contribution in [1.82, 2.24) is 5.32 Å². The van der Waals surface area contributed by atoms with Crippen LogP contribution in [0.1, 0.15) is 284 Å². The highest BCUT2D eigenvalue weighted by Crippen LogP contribution is 2.38. The maximum atomic E-state index is 13.0. The number of aliphatic hydroxyl groups excluding tert-OH is 1. The van der Waals surface area contributed by atoms with Crippen LogP contribution in [0.3, 0.4) is 0 Å². The molecule has 0 aromatic rings. The number of rotatable bonds is 54. The Kier molecular flexibility index (Phi) is 49.7. The Labute approximate surface area is 423 Å². The summed E-state index contributed by atoms with van der Waals surface area (Å²) in [5.74, 6) is -0.208. The maximum absolute atomic E-state index is 13.0. The second-order valence-electron chi connectivity index (χ2n) is 21.3. The van der Waals surface area contributed by atoms with Crippen molar-refractivity contribution in [1.29, 1.82) is 0 Å². The van der Waals surface area contributed by atoms with E-state index in [-0.39, 0.29) is 12.5 Å². The van der Waals surface area contributed by atoms with Crippen molar-refractivity contribution in [2.24, 2.45) is 0 Å². The molecule has 0 aliphatic carbocycles. The zero-order valence-corrected chi connectivity index (χ0v) is 46.7. The molecular weight excluding hydrogens is 864 g/mol. The van der Waals surface area contributed by atoms with Gasteiger partial charge in [0.1, 0.15) is 13.2 Å². The van der Waals surface area contributed by atoms with Crippen LogP contribution in [0.4, 0.5) is 0 Å². The first-order valence-electron chi connectivity index (χ1n) is 29.4. The number of likely N-dealkylation sites (N-methyl/N-ethyl adjacent to an activating group) is 1. The number of aliphatic hydroxyl groups is 1. The molecule has 3 atom stereocenters. The van der Waals surface area contributed by atoms with Crippen molar-refractivity contribution in [3.8, 4) is 0 Å². The predicted molar refractivity (Wildman–Crippen MR) is 293 cm³/mol. The lowest BCUT2D eigenvalue weighted by Gasteiger charge is -2.29. The summed E-state index contributed by atoms with van der Waals surface area (Å²) in [6.45, 7) is 4.66. The van der Waals surface area contributed by atoms with E-state index in [1.165, 1.54) is 225 Å². The quantitative estimate of drug-likeness (QED) is 0.0272. The molecule has 2 N–H and O–H groups in total. The number of phosphoric acid groups is 1. The van der Waals surface area contributed by atoms with E-state index in [0.717, 1.165) is 38.5 Å². The minimum atomic E-state index is -4.61. The standard InChI is InChI=1S/C59H115N2O6P/c1-6-8-10-12-14-16-18-20-22-24-26-28-29-30-31-33-34-36-38-40-42-44-46-48-50-52-58(62)57(56-67-68(64,65)66-55-54-61(3,4)5)60-59(63)53-51-49-47-45-43-41-39-37-35-32-27-25-23-21-19-17-15-13-11-9-7-2/h32,35,42,44,50,52,57-58,62H,6-31,33-34,36-41,43,45-49,51,53-56H2,1-5H3,(H-,60,63,64,65)/b35-32-,44-42+,52-50+. The fraction of sp³-hybridized carbons (Fsp3) is 0.881. The molecule has 1 amide bonds. The third-order valence-electron chi connectivity index (χ3n) is 13.3. The number of hydrogen-bond donors (Lipinski definition) is 2. The molecule has 0 aromatic heterocycles. The Hall–Kier alpha value is -1.28. The van der Waals surface area contributed by atoms with E-state index in [2.05, 4.69) is 43.5 Å². The van der Waals surface area contributed by atoms with Gasteiger partial charge < -0.3 is 28.8 Å². The molecule has 0 radical (unpaired) electrons. The number of carbonyl (C=O) groups is 1. The third kappa shape index (κ3) is 52.5. The molecule has 0 fully saturated rings. The normalized spacial score (nSPS) is 14.2. The average Bonchev–Trinajstić information content (AvgIpc) is 3.30. The molecule has 0 bridgehead atoms. The number of nitrogens with one attached hydrogen (secondary N) is 1. The van der Waals surface area contributed by atoms with E-state index >= 15 is 0 Å². The highest BCUT2D eigenvalue weighted by Gasteiger charge is 2.23. The van der Waals surface area contributed by atoms with Crippen LogP contribution in [0, 0.1) is 0 Å². The molecule has 0 rings (SSSR count). The van der Waals surface area contributed by atoms with Gasteiger partial charge in [-0.3, -0.25) is 9.36 Å². The molecule has 9 heteroatoms. The largest absolute Gasteiger partial charge is 0.756 e. The van der Waals surface area contributed by atoms with Crippen molar-refractivity contribution in [2.45, 2.75) is 296 Å². The van der Waals surface area contributed by atoms with Gasteiger partial charge in [0.2, 0.25) is 5.91 Å². The van der Waals surface area contributed by atoms with Gasteiger partial charge >= 0.3 is 0 Å². The van der Waals surface area contributed by atoms with Crippen LogP contribution < -0.4 is 10.2 Å². The summed E-state index contributed by atoms with van der Waals surface area (Å²) in [6, 6.07) is -0.906. The Morgan fingerprint density at radius 2 is 0.824 bits per heavy atom. The lowest BCUT2D eigenvalue weighted by Crippen LogP contribution is -2.45. The van der Waals surface area contributed by atoms with E-state index < -0.39 is 26.6 Å². The number of hydrogen-bond acceptors (Lipinski definition) is 6. The molecule has 0 aromatic carbocycles. The average molecular weight is 980 g/mol. The molecule has 402 valence electrons. The van der Waals surface area contributed by atoms with E-state index in [4.69, 9.17) is 9.05 Å². The number of quaternary nitrogens is 1. The van der Waals surface area contributed by atoms with Crippen LogP contribution in [0.5, 0.6) is 0 Å². The number of phosphoric ester groups is 1. The summed E-state index contributed by atoms with van der Waals surface area (Å²) in [7, 11) is 1.25. The molecule has 0 saturated heterocycles. The van der Waals surface area contributed by atoms with Crippen LogP contribution >= 0.6 is 7.82 Å². The highest BCUT2D eigenvalue weighted by atomic mass is 31.2. The van der Waals surface area contributed by atoms with Gasteiger partial charge in [0.05, 0.1) is 39.9 Å². The van der Waals surface area contributed by atoms with Crippen molar-refractivity contribution in [3.63, 3.8) is 0 Å². The summed E-state index contributed by atoms with van der Waals surface area (Å²) in [4.78, 5) is 25.5. The minimum Gasteiger partial charge on any atom is -0.756 e. The highest BCUT2D eigenvalue weighted by molar-refractivity contribution is 7.45. The van der Waals surface area contributed by atoms with Crippen molar-refractivity contribution < 1.29 is 32.9 Å². The fourth-order valence-electron chi connectivity index (χ4n) is 8.70. The number of nitrogens with zero attached hydrogens (tertiary/aromatic N) is 1. The zero-order chi connectivity index (χ0) is 49.9. The van der Waals surface area contributed by atoms with Crippen LogP contribution in [0.15, 0.2) is 36.5 Å². The fourth-order valence-corrected chi connectivity index (χ4v) is 9.42. The van der Waals surface area contributed by atoms with Crippen molar-refractivity contribution in [3.05, 3.63) is 36.5 Å². The number of allylic oxidation sites excluding steroid dienone is 5. The van der Waals surface area contributed by atoms with Crippen LogP contribution in [0.2, 0.25) is 0 Å². The number of unbranched alkanes of at least 4 members (excludes halogenated alkanes) is 37. The Morgan fingerprint density at radius 3 is 1.19 bits per heavy atom. The lowest BCUT2D eigenvalue weighted by atomic mass is 10.0. The second kappa shape index (κ2) is 50.7. The predicted octanol–water partition coefficient (Wildman–Crippen LogP) is 17.1. The summed E-state index contributed by atoms with van der Waals surface area (Å²) in [6.07, 6.45) is 65.1. The smallest absolute Gasteiger partial charge is 0.268 e. The zero-order valence-electron chi connectivity index (χ0n) is 45.8. The van der Waals surface area contributed by atoms with Crippen molar-refractivity contribution in [2.75, 3.05) is 40.9 Å². The van der Waals surface area contributed by atoms with E-state index in [1.807, 2.05) is 27.2 Å². The van der Waals surface area contributed by atoms with Crippen LogP contribution in [-0.4, -0.2) is 68.5 Å². The molecular formula is C59H115N2O6P.